The number of amides is 1. The molecule has 6 nitrogen and oxygen atoms in total. The molecule has 1 aromatic carbocycles. The number of allylic oxidation sites excluding steroid dienone is 1. The van der Waals surface area contributed by atoms with Crippen LogP contribution in [0.2, 0.25) is 0 Å². The molecule has 0 N–H and O–H groups in total. The summed E-state index contributed by atoms with van der Waals surface area (Å²) < 4.78 is 18.1. The van der Waals surface area contributed by atoms with Crippen LogP contribution in [0.5, 0.6) is 0 Å². The van der Waals surface area contributed by atoms with E-state index in [0.29, 0.717) is 12.0 Å². The summed E-state index contributed by atoms with van der Waals surface area (Å²) in [5, 5.41) is 0. The first-order valence-electron chi connectivity index (χ1n) is 12.1. The van der Waals surface area contributed by atoms with Crippen molar-refractivity contribution in [2.24, 2.45) is 10.9 Å². The number of hydrogen-bond donors (Lipinski definition) is 0. The number of likely N-dealkylation sites (tertiary alicyclic amines) is 1. The summed E-state index contributed by atoms with van der Waals surface area (Å²) in [5.74, 6) is 0.591. The maximum Gasteiger partial charge on any atom is 0.494 e. The highest BCUT2D eigenvalue weighted by atomic mass is 16.7. The molecule has 1 aliphatic carbocycles. The largest absolute Gasteiger partial charge is 0.494 e. The van der Waals surface area contributed by atoms with Gasteiger partial charge >= 0.3 is 13.2 Å². The van der Waals surface area contributed by atoms with Crippen LogP contribution < -0.4 is 5.46 Å². The Hall–Kier alpha value is -2.12. The molecular weight excluding hydrogens is 415 g/mol. The molecule has 1 amide bonds. The van der Waals surface area contributed by atoms with E-state index < -0.39 is 5.60 Å². The number of piperidine rings is 1. The predicted molar refractivity (Wildman–Crippen MR) is 131 cm³/mol. The van der Waals surface area contributed by atoms with Gasteiger partial charge in [-0.05, 0) is 83.8 Å². The van der Waals surface area contributed by atoms with E-state index in [4.69, 9.17) is 19.0 Å². The van der Waals surface area contributed by atoms with Crippen LogP contribution in [0.25, 0.3) is 5.57 Å². The number of fused-ring (bicyclic) bond motifs is 1. The highest BCUT2D eigenvalue weighted by Gasteiger charge is 2.56. The number of carbonyl (C=O) groups excluding carboxylic acids is 1. The Morgan fingerprint density at radius 2 is 1.73 bits per heavy atom. The summed E-state index contributed by atoms with van der Waals surface area (Å²) in [7, 11) is -0.360. The molecule has 3 fully saturated rings. The van der Waals surface area contributed by atoms with E-state index in [1.807, 2.05) is 31.9 Å². The Morgan fingerprint density at radius 3 is 2.33 bits per heavy atom. The van der Waals surface area contributed by atoms with E-state index in [1.54, 1.807) is 0 Å². The number of carbonyl (C=O) groups is 1. The van der Waals surface area contributed by atoms with Gasteiger partial charge in [0.15, 0.2) is 0 Å². The van der Waals surface area contributed by atoms with E-state index in [2.05, 4.69) is 52.0 Å². The zero-order chi connectivity index (χ0) is 23.8. The van der Waals surface area contributed by atoms with Gasteiger partial charge in [-0.2, -0.15) is 0 Å². The van der Waals surface area contributed by atoms with Gasteiger partial charge in [-0.3, -0.25) is 9.89 Å². The fourth-order valence-corrected chi connectivity index (χ4v) is 4.99. The predicted octanol–water partition coefficient (Wildman–Crippen LogP) is 4.57. The average Bonchev–Trinajstić information content (AvgIpc) is 3.07. The quantitative estimate of drug-likeness (QED) is 0.633. The molecule has 1 saturated carbocycles. The van der Waals surface area contributed by atoms with E-state index in [9.17, 15) is 4.79 Å². The molecule has 3 atom stereocenters. The molecule has 0 aromatic heterocycles. The van der Waals surface area contributed by atoms with Crippen LogP contribution in [0.3, 0.4) is 0 Å². The molecule has 2 saturated heterocycles. The molecule has 33 heavy (non-hydrogen) atoms. The molecule has 5 rings (SSSR count). The summed E-state index contributed by atoms with van der Waals surface area (Å²) >= 11 is 0. The van der Waals surface area contributed by atoms with Crippen LogP contribution in [-0.2, 0) is 14.0 Å². The third kappa shape index (κ3) is 4.14. The van der Waals surface area contributed by atoms with Gasteiger partial charge in [0.2, 0.25) is 0 Å². The third-order valence-electron chi connectivity index (χ3n) is 7.66. The second-order valence-electron chi connectivity index (χ2n) is 11.9. The maximum absolute atomic E-state index is 12.9. The minimum absolute atomic E-state index is 0.0429. The number of aliphatic imine (C=N–C) groups is 1. The minimum atomic E-state index is -0.492. The second-order valence-corrected chi connectivity index (χ2v) is 11.9. The first-order valence-corrected chi connectivity index (χ1v) is 12.1. The fourth-order valence-electron chi connectivity index (χ4n) is 4.99. The van der Waals surface area contributed by atoms with Crippen molar-refractivity contribution in [1.29, 1.82) is 0 Å². The van der Waals surface area contributed by atoms with E-state index >= 15 is 0 Å². The number of benzene rings is 1. The zero-order valence-electron chi connectivity index (χ0n) is 20.8. The highest BCUT2D eigenvalue weighted by molar-refractivity contribution is 6.62. The molecule has 0 radical (unpaired) electrons. The molecular formula is C26H35BN2O4. The fraction of sp³-hybridized carbons (Fsp3) is 0.615. The maximum atomic E-state index is 12.9. The third-order valence-corrected chi connectivity index (χ3v) is 7.66. The lowest BCUT2D eigenvalue weighted by Crippen LogP contribution is -2.45. The van der Waals surface area contributed by atoms with Gasteiger partial charge in [-0.15, -0.1) is 0 Å². The average molecular weight is 450 g/mol. The van der Waals surface area contributed by atoms with Crippen molar-refractivity contribution in [3.63, 3.8) is 0 Å². The normalized spacial score (nSPS) is 29.6. The van der Waals surface area contributed by atoms with Gasteiger partial charge in [0.1, 0.15) is 5.60 Å². The zero-order valence-corrected chi connectivity index (χ0v) is 20.8. The lowest BCUT2D eigenvalue weighted by Gasteiger charge is -2.32. The van der Waals surface area contributed by atoms with Crippen LogP contribution in [0.15, 0.2) is 35.5 Å². The first-order chi connectivity index (χ1) is 15.3. The van der Waals surface area contributed by atoms with Gasteiger partial charge in [-0.25, -0.2) is 4.79 Å². The smallest absolute Gasteiger partial charge is 0.444 e. The van der Waals surface area contributed by atoms with Crippen molar-refractivity contribution < 1.29 is 18.8 Å². The molecule has 3 aliphatic heterocycles. The second kappa shape index (κ2) is 7.44. The Balaban J connectivity index is 1.24. The summed E-state index contributed by atoms with van der Waals surface area (Å²) in [6.07, 6.45) is 4.59. The van der Waals surface area contributed by atoms with Crippen LogP contribution in [0, 0.1) is 5.92 Å². The van der Waals surface area contributed by atoms with Gasteiger partial charge < -0.3 is 14.0 Å². The van der Waals surface area contributed by atoms with Crippen molar-refractivity contribution >= 4 is 30.0 Å². The molecule has 3 heterocycles. The van der Waals surface area contributed by atoms with Crippen molar-refractivity contribution in [2.75, 3.05) is 0 Å². The van der Waals surface area contributed by atoms with Gasteiger partial charge in [0.25, 0.3) is 0 Å². The summed E-state index contributed by atoms with van der Waals surface area (Å²) in [6, 6.07) is 8.74. The molecule has 1 aromatic rings. The summed E-state index contributed by atoms with van der Waals surface area (Å²) in [4.78, 5) is 19.6. The Bertz CT molecular complexity index is 1010. The van der Waals surface area contributed by atoms with Crippen molar-refractivity contribution in [2.45, 2.75) is 96.6 Å². The number of ether oxygens (including phenoxy) is 1. The van der Waals surface area contributed by atoms with Crippen molar-refractivity contribution in [1.82, 2.24) is 4.90 Å². The SMILES string of the molecule is CC(C)(C)OC(=O)N1[C@@H]2C[C@@H]2C[C@H]1C1=NC=C(c2ccc(B3OC(C)(C)C(C)(C)O3)cc2)C1. The van der Waals surface area contributed by atoms with E-state index in [1.165, 1.54) is 5.57 Å². The van der Waals surface area contributed by atoms with Crippen molar-refractivity contribution in [3.05, 3.63) is 36.0 Å². The molecule has 4 aliphatic rings. The van der Waals surface area contributed by atoms with E-state index in [-0.39, 0.29) is 30.5 Å². The Labute approximate surface area is 197 Å². The molecule has 0 unspecified atom stereocenters. The number of rotatable bonds is 3. The highest BCUT2D eigenvalue weighted by Crippen LogP contribution is 2.49. The Kier molecular flexibility index (Phi) is 5.11. The summed E-state index contributed by atoms with van der Waals surface area (Å²) in [5.41, 5.74) is 3.21. The molecule has 176 valence electrons. The van der Waals surface area contributed by atoms with Crippen molar-refractivity contribution in [3.8, 4) is 0 Å². The standard InChI is InChI=1S/C26H35BN2O4/c1-24(2,3)31-23(30)29-21-13-17(21)14-22(29)20-12-18(15-28-20)16-8-10-19(11-9-16)27-32-25(4,5)26(6,7)33-27/h8-11,15,17,21-22H,12-14H2,1-7H3/t17-,21-,22+/m1/s1. The lowest BCUT2D eigenvalue weighted by atomic mass is 9.78. The minimum Gasteiger partial charge on any atom is -0.444 e. The van der Waals surface area contributed by atoms with Crippen LogP contribution >= 0.6 is 0 Å². The number of hydrogen-bond acceptors (Lipinski definition) is 5. The molecule has 0 spiro atoms. The van der Waals surface area contributed by atoms with E-state index in [0.717, 1.165) is 36.0 Å². The monoisotopic (exact) mass is 450 g/mol. The molecule has 0 bridgehead atoms. The first kappa shape index (κ1) is 22.7. The van der Waals surface area contributed by atoms with Crippen LogP contribution in [0.4, 0.5) is 4.79 Å². The van der Waals surface area contributed by atoms with Gasteiger partial charge in [-0.1, -0.05) is 24.3 Å². The van der Waals surface area contributed by atoms with Gasteiger partial charge in [0, 0.05) is 24.4 Å². The van der Waals surface area contributed by atoms with Gasteiger partial charge in [0.05, 0.1) is 17.2 Å². The van der Waals surface area contributed by atoms with Crippen LogP contribution in [0.1, 0.15) is 73.3 Å². The topological polar surface area (TPSA) is 60.4 Å². The van der Waals surface area contributed by atoms with Crippen LogP contribution in [-0.4, -0.2) is 52.7 Å². The Morgan fingerprint density at radius 1 is 1.09 bits per heavy atom. The summed E-state index contributed by atoms with van der Waals surface area (Å²) in [6.45, 7) is 14.0. The number of nitrogens with zero attached hydrogens (tertiary/aromatic N) is 2. The molecule has 7 heteroatoms. The lowest BCUT2D eigenvalue weighted by molar-refractivity contribution is 0.00578.